The van der Waals surface area contributed by atoms with E-state index in [0.29, 0.717) is 44.5 Å². The Bertz CT molecular complexity index is 1070. The SMILES string of the molecule is COc1cc(-c2nocc2-c2ccc(SC)c(OP(=O)([O-])[O-])c2)cc(OC)c1OC. The quantitative estimate of drug-likeness (QED) is 0.373. The third-order valence-corrected chi connectivity index (χ3v) is 5.39. The maximum atomic E-state index is 11.1. The number of hydrogen-bond acceptors (Lipinski definition) is 10. The van der Waals surface area contributed by atoms with E-state index in [4.69, 9.17) is 18.7 Å². The van der Waals surface area contributed by atoms with E-state index < -0.39 is 7.82 Å². The second-order valence-electron chi connectivity index (χ2n) is 5.89. The molecule has 0 fully saturated rings. The van der Waals surface area contributed by atoms with Gasteiger partial charge in [0.15, 0.2) is 11.5 Å². The number of phosphoric acid groups is 1. The molecule has 0 aliphatic carbocycles. The van der Waals surface area contributed by atoms with Gasteiger partial charge >= 0.3 is 0 Å². The fourth-order valence-corrected chi connectivity index (χ4v) is 3.86. The van der Waals surface area contributed by atoms with Gasteiger partial charge in [0.25, 0.3) is 0 Å². The number of phosphoric ester groups is 1. The number of hydrogen-bond donors (Lipinski definition) is 0. The monoisotopic (exact) mass is 451 g/mol. The zero-order valence-corrected chi connectivity index (χ0v) is 18.2. The minimum Gasteiger partial charge on any atom is -0.780 e. The van der Waals surface area contributed by atoms with Gasteiger partial charge < -0.3 is 37.6 Å². The van der Waals surface area contributed by atoms with Gasteiger partial charge in [0.1, 0.15) is 25.5 Å². The molecule has 0 unspecified atom stereocenters. The largest absolute Gasteiger partial charge is 0.780 e. The van der Waals surface area contributed by atoms with Gasteiger partial charge in [0.2, 0.25) is 5.75 Å². The van der Waals surface area contributed by atoms with Crippen LogP contribution in [-0.4, -0.2) is 32.7 Å². The van der Waals surface area contributed by atoms with Crippen molar-refractivity contribution >= 4 is 19.6 Å². The van der Waals surface area contributed by atoms with Crippen LogP contribution in [0.2, 0.25) is 0 Å². The maximum Gasteiger partial charge on any atom is 0.203 e. The topological polar surface area (TPSA) is 126 Å². The maximum absolute atomic E-state index is 11.1. The zero-order chi connectivity index (χ0) is 21.9. The van der Waals surface area contributed by atoms with Gasteiger partial charge in [-0.15, -0.1) is 11.8 Å². The molecule has 0 aliphatic heterocycles. The first-order valence-electron chi connectivity index (χ1n) is 8.46. The summed E-state index contributed by atoms with van der Waals surface area (Å²) in [5.74, 6) is 1.23. The molecule has 0 aliphatic rings. The lowest BCUT2D eigenvalue weighted by Crippen LogP contribution is -2.18. The molecule has 0 spiro atoms. The molecule has 3 rings (SSSR count). The third-order valence-electron chi connectivity index (χ3n) is 4.19. The lowest BCUT2D eigenvalue weighted by atomic mass is 10.0. The molecule has 0 N–H and O–H groups in total. The Morgan fingerprint density at radius 1 is 0.967 bits per heavy atom. The van der Waals surface area contributed by atoms with E-state index in [1.807, 2.05) is 0 Å². The highest BCUT2D eigenvalue weighted by molar-refractivity contribution is 7.98. The van der Waals surface area contributed by atoms with Crippen LogP contribution in [-0.2, 0) is 4.57 Å². The Morgan fingerprint density at radius 2 is 1.60 bits per heavy atom. The molecule has 11 heteroatoms. The van der Waals surface area contributed by atoms with Crippen LogP contribution in [0, 0.1) is 0 Å². The van der Waals surface area contributed by atoms with E-state index in [-0.39, 0.29) is 5.75 Å². The molecular formula is C19H18NO8PS-2. The van der Waals surface area contributed by atoms with Crippen LogP contribution in [0.5, 0.6) is 23.0 Å². The normalized spacial score (nSPS) is 11.3. The van der Waals surface area contributed by atoms with Gasteiger partial charge in [0, 0.05) is 16.0 Å². The number of rotatable bonds is 8. The molecule has 2 aromatic carbocycles. The number of methoxy groups -OCH3 is 3. The fourth-order valence-electron chi connectivity index (χ4n) is 2.90. The first-order chi connectivity index (χ1) is 14.3. The Hall–Kier alpha value is -2.65. The summed E-state index contributed by atoms with van der Waals surface area (Å²) in [6.07, 6.45) is 3.15. The molecule has 160 valence electrons. The van der Waals surface area contributed by atoms with Crippen molar-refractivity contribution in [3.63, 3.8) is 0 Å². The van der Waals surface area contributed by atoms with Crippen molar-refractivity contribution in [2.75, 3.05) is 27.6 Å². The molecule has 3 aromatic rings. The summed E-state index contributed by atoms with van der Waals surface area (Å²) in [4.78, 5) is 22.8. The molecule has 9 nitrogen and oxygen atoms in total. The van der Waals surface area contributed by atoms with E-state index in [1.165, 1.54) is 45.4 Å². The van der Waals surface area contributed by atoms with Crippen LogP contribution < -0.4 is 28.5 Å². The molecule has 0 amide bonds. The number of benzene rings is 2. The molecule has 1 aromatic heterocycles. The van der Waals surface area contributed by atoms with Gasteiger partial charge in [-0.25, -0.2) is 0 Å². The molecule has 1 heterocycles. The molecule has 0 radical (unpaired) electrons. The van der Waals surface area contributed by atoms with Crippen molar-refractivity contribution in [3.05, 3.63) is 36.6 Å². The van der Waals surface area contributed by atoms with E-state index in [9.17, 15) is 14.4 Å². The van der Waals surface area contributed by atoms with Crippen LogP contribution in [0.25, 0.3) is 22.4 Å². The van der Waals surface area contributed by atoms with E-state index in [0.717, 1.165) is 0 Å². The van der Waals surface area contributed by atoms with Crippen LogP contribution in [0.3, 0.4) is 0 Å². The zero-order valence-electron chi connectivity index (χ0n) is 16.5. The van der Waals surface area contributed by atoms with E-state index >= 15 is 0 Å². The van der Waals surface area contributed by atoms with Crippen molar-refractivity contribution in [3.8, 4) is 45.4 Å². The van der Waals surface area contributed by atoms with Crippen LogP contribution in [0.4, 0.5) is 0 Å². The van der Waals surface area contributed by atoms with Crippen molar-refractivity contribution in [2.45, 2.75) is 4.90 Å². The lowest BCUT2D eigenvalue weighted by molar-refractivity contribution is -0.333. The highest BCUT2D eigenvalue weighted by Gasteiger charge is 2.20. The number of thioether (sulfide) groups is 1. The second kappa shape index (κ2) is 9.01. The van der Waals surface area contributed by atoms with Crippen LogP contribution in [0.15, 0.2) is 46.0 Å². The van der Waals surface area contributed by atoms with E-state index in [1.54, 1.807) is 30.5 Å². The van der Waals surface area contributed by atoms with Gasteiger partial charge in [-0.2, -0.15) is 0 Å². The fraction of sp³-hybridized carbons (Fsp3) is 0.211. The summed E-state index contributed by atoms with van der Waals surface area (Å²) in [6.45, 7) is 0. The minimum atomic E-state index is -5.22. The number of aromatic nitrogens is 1. The van der Waals surface area contributed by atoms with Crippen molar-refractivity contribution < 1.29 is 37.6 Å². The summed E-state index contributed by atoms with van der Waals surface area (Å²) in [6, 6.07) is 8.26. The molecule has 0 bridgehead atoms. The Morgan fingerprint density at radius 3 is 2.13 bits per heavy atom. The third kappa shape index (κ3) is 4.57. The average Bonchev–Trinajstić information content (AvgIpc) is 3.21. The van der Waals surface area contributed by atoms with Crippen molar-refractivity contribution in [2.24, 2.45) is 0 Å². The predicted molar refractivity (Wildman–Crippen MR) is 107 cm³/mol. The highest BCUT2D eigenvalue weighted by atomic mass is 32.2. The molecule has 0 saturated carbocycles. The Balaban J connectivity index is 2.13. The van der Waals surface area contributed by atoms with Crippen LogP contribution in [0.1, 0.15) is 0 Å². The molecular weight excluding hydrogens is 433 g/mol. The summed E-state index contributed by atoms with van der Waals surface area (Å²) < 4.78 is 37.0. The molecule has 30 heavy (non-hydrogen) atoms. The summed E-state index contributed by atoms with van der Waals surface area (Å²) in [7, 11) is -0.724. The molecule has 0 atom stereocenters. The number of nitrogens with zero attached hydrogens (tertiary/aromatic N) is 1. The van der Waals surface area contributed by atoms with E-state index in [2.05, 4.69) is 9.68 Å². The summed E-state index contributed by atoms with van der Waals surface area (Å²) in [5, 5.41) is 4.06. The first kappa shape index (κ1) is 22.0. The summed E-state index contributed by atoms with van der Waals surface area (Å²) >= 11 is 1.25. The van der Waals surface area contributed by atoms with Gasteiger partial charge in [-0.3, -0.25) is 0 Å². The molecule has 0 saturated heterocycles. The summed E-state index contributed by atoms with van der Waals surface area (Å²) in [5.41, 5.74) is 2.15. The minimum absolute atomic E-state index is 0.0645. The average molecular weight is 451 g/mol. The second-order valence-corrected chi connectivity index (χ2v) is 7.82. The predicted octanol–water partition coefficient (Wildman–Crippen LogP) is 2.96. The van der Waals surface area contributed by atoms with Gasteiger partial charge in [-0.1, -0.05) is 11.2 Å². The first-order valence-corrected chi connectivity index (χ1v) is 11.1. The Kier molecular flexibility index (Phi) is 6.62. The Labute approximate surface area is 177 Å². The van der Waals surface area contributed by atoms with Crippen LogP contribution >= 0.6 is 19.6 Å². The van der Waals surface area contributed by atoms with Crippen molar-refractivity contribution in [1.29, 1.82) is 0 Å². The smallest absolute Gasteiger partial charge is 0.203 e. The number of ether oxygens (including phenoxy) is 3. The van der Waals surface area contributed by atoms with Gasteiger partial charge in [0.05, 0.1) is 21.3 Å². The van der Waals surface area contributed by atoms with Gasteiger partial charge in [-0.05, 0) is 36.1 Å². The lowest BCUT2D eigenvalue weighted by Gasteiger charge is -2.30. The van der Waals surface area contributed by atoms with Crippen molar-refractivity contribution in [1.82, 2.24) is 5.16 Å². The standard InChI is InChI=1S/C19H20NO8PS/c1-24-15-8-12(9-16(25-2)19(15)26-3)18-13(10-27-20-18)11-5-6-17(30-4)14(7-11)28-29(21,22)23/h5-10H,1-4H3,(H2,21,22,23)/p-2. The highest BCUT2D eigenvalue weighted by Crippen LogP contribution is 2.44.